The zero-order valence-corrected chi connectivity index (χ0v) is 14.2. The Kier molecular flexibility index (Phi) is 4.74. The molecule has 0 aliphatic heterocycles. The number of thiazole rings is 1. The number of nitrogens with one attached hydrogen (secondary N) is 2. The standard InChI is InChI=1S/C14H9ClFN3O3S2/c15-6-1-2-8(7(16)3-6)17-11(22)5-23-14-19-13-12(24-14)9(20)4-10(21)18-13/h1-4H,5H2,(H,17,22)(H2,18,20,21). The van der Waals surface area contributed by atoms with Crippen molar-refractivity contribution in [3.05, 3.63) is 45.5 Å². The number of fused-ring (bicyclic) bond motifs is 1. The summed E-state index contributed by atoms with van der Waals surface area (Å²) in [4.78, 5) is 29.8. The quantitative estimate of drug-likeness (QED) is 0.599. The van der Waals surface area contributed by atoms with E-state index in [1.165, 1.54) is 12.1 Å². The number of anilines is 1. The van der Waals surface area contributed by atoms with Crippen molar-refractivity contribution in [2.75, 3.05) is 11.1 Å². The zero-order chi connectivity index (χ0) is 17.3. The second-order valence-corrected chi connectivity index (χ2v) is 7.30. The van der Waals surface area contributed by atoms with Crippen molar-refractivity contribution < 1.29 is 14.3 Å². The van der Waals surface area contributed by atoms with Crippen molar-refractivity contribution in [3.63, 3.8) is 0 Å². The molecular weight excluding hydrogens is 377 g/mol. The van der Waals surface area contributed by atoms with Crippen LogP contribution >= 0.6 is 34.7 Å². The zero-order valence-electron chi connectivity index (χ0n) is 11.8. The Labute approximate surface area is 147 Å². The normalized spacial score (nSPS) is 10.9. The number of halogens is 2. The molecule has 3 N–H and O–H groups in total. The number of amides is 1. The van der Waals surface area contributed by atoms with Gasteiger partial charge in [0, 0.05) is 11.1 Å². The average molecular weight is 386 g/mol. The third kappa shape index (κ3) is 3.69. The lowest BCUT2D eigenvalue weighted by Crippen LogP contribution is -2.14. The van der Waals surface area contributed by atoms with E-state index in [1.807, 2.05) is 0 Å². The molecule has 6 nitrogen and oxygen atoms in total. The lowest BCUT2D eigenvalue weighted by atomic mass is 10.3. The highest BCUT2D eigenvalue weighted by Crippen LogP contribution is 2.32. The maximum Gasteiger partial charge on any atom is 0.253 e. The maximum absolute atomic E-state index is 13.6. The van der Waals surface area contributed by atoms with Crippen molar-refractivity contribution in [1.82, 2.24) is 9.97 Å². The van der Waals surface area contributed by atoms with Crippen molar-refractivity contribution >= 4 is 56.6 Å². The van der Waals surface area contributed by atoms with Gasteiger partial charge in [0.1, 0.15) is 16.3 Å². The van der Waals surface area contributed by atoms with Gasteiger partial charge >= 0.3 is 0 Å². The molecule has 0 fully saturated rings. The molecule has 24 heavy (non-hydrogen) atoms. The van der Waals surface area contributed by atoms with Crippen LogP contribution in [0.5, 0.6) is 5.75 Å². The SMILES string of the molecule is O=C(CSc1nc2[nH]c(=O)cc(O)c2s1)Nc1ccc(Cl)cc1F. The predicted octanol–water partition coefficient (Wildman–Crippen LogP) is 3.21. The van der Waals surface area contributed by atoms with Crippen LogP contribution in [0.4, 0.5) is 10.1 Å². The Hall–Kier alpha value is -2.10. The fraction of sp³-hybridized carbons (Fsp3) is 0.0714. The van der Waals surface area contributed by atoms with Gasteiger partial charge in [-0.2, -0.15) is 0 Å². The Morgan fingerprint density at radius 3 is 3.00 bits per heavy atom. The molecule has 0 saturated carbocycles. The molecule has 0 aliphatic carbocycles. The molecule has 2 heterocycles. The minimum atomic E-state index is -0.622. The van der Waals surface area contributed by atoms with E-state index in [2.05, 4.69) is 15.3 Å². The van der Waals surface area contributed by atoms with Gasteiger partial charge in [-0.15, -0.1) is 11.3 Å². The van der Waals surface area contributed by atoms with Crippen LogP contribution in [-0.2, 0) is 4.79 Å². The Morgan fingerprint density at radius 2 is 2.25 bits per heavy atom. The number of H-pyrrole nitrogens is 1. The largest absolute Gasteiger partial charge is 0.506 e. The molecule has 0 saturated heterocycles. The molecule has 0 radical (unpaired) electrons. The first-order valence-corrected chi connectivity index (χ1v) is 8.71. The first-order chi connectivity index (χ1) is 11.4. The average Bonchev–Trinajstić information content (AvgIpc) is 2.91. The van der Waals surface area contributed by atoms with Crippen molar-refractivity contribution in [2.24, 2.45) is 0 Å². The van der Waals surface area contributed by atoms with Crippen LogP contribution in [-0.4, -0.2) is 26.7 Å². The Morgan fingerprint density at radius 1 is 1.46 bits per heavy atom. The summed E-state index contributed by atoms with van der Waals surface area (Å²) in [5.41, 5.74) is -0.161. The maximum atomic E-state index is 13.6. The molecule has 0 unspecified atom stereocenters. The Bertz CT molecular complexity index is 989. The summed E-state index contributed by atoms with van der Waals surface area (Å²) in [7, 11) is 0. The summed E-state index contributed by atoms with van der Waals surface area (Å²) in [5.74, 6) is -1.21. The van der Waals surface area contributed by atoms with Gasteiger partial charge in [0.05, 0.1) is 11.4 Å². The van der Waals surface area contributed by atoms with Gasteiger partial charge in [0.25, 0.3) is 5.56 Å². The van der Waals surface area contributed by atoms with E-state index in [0.717, 1.165) is 35.2 Å². The van der Waals surface area contributed by atoms with Gasteiger partial charge in [-0.05, 0) is 18.2 Å². The molecule has 0 aliphatic rings. The van der Waals surface area contributed by atoms with E-state index in [-0.39, 0.29) is 27.9 Å². The molecule has 124 valence electrons. The number of hydrogen-bond donors (Lipinski definition) is 3. The van der Waals surface area contributed by atoms with E-state index in [1.54, 1.807) is 0 Å². The highest BCUT2D eigenvalue weighted by molar-refractivity contribution is 8.01. The number of aromatic hydroxyl groups is 1. The second kappa shape index (κ2) is 6.80. The van der Waals surface area contributed by atoms with E-state index in [9.17, 15) is 19.1 Å². The number of rotatable bonds is 4. The first kappa shape index (κ1) is 16.7. The molecule has 2 aromatic heterocycles. The van der Waals surface area contributed by atoms with Crippen LogP contribution in [0.25, 0.3) is 10.3 Å². The van der Waals surface area contributed by atoms with E-state index in [4.69, 9.17) is 11.6 Å². The van der Waals surface area contributed by atoms with E-state index < -0.39 is 17.3 Å². The molecular formula is C14H9ClFN3O3S2. The van der Waals surface area contributed by atoms with Gasteiger partial charge in [0.2, 0.25) is 5.91 Å². The number of nitrogens with zero attached hydrogens (tertiary/aromatic N) is 1. The number of pyridine rings is 1. The minimum Gasteiger partial charge on any atom is -0.506 e. The lowest BCUT2D eigenvalue weighted by Gasteiger charge is -2.05. The van der Waals surface area contributed by atoms with Gasteiger partial charge in [-0.3, -0.25) is 9.59 Å². The molecule has 0 bridgehead atoms. The Balaban J connectivity index is 1.68. The number of thioether (sulfide) groups is 1. The van der Waals surface area contributed by atoms with Crippen LogP contribution in [0.1, 0.15) is 0 Å². The monoisotopic (exact) mass is 385 g/mol. The third-order valence-electron chi connectivity index (χ3n) is 2.88. The first-order valence-electron chi connectivity index (χ1n) is 6.53. The van der Waals surface area contributed by atoms with Gasteiger partial charge in [0.15, 0.2) is 9.99 Å². The number of carbonyl (C=O) groups excluding carboxylic acids is 1. The van der Waals surface area contributed by atoms with Crippen LogP contribution in [0, 0.1) is 5.82 Å². The van der Waals surface area contributed by atoms with Crippen LogP contribution < -0.4 is 10.9 Å². The lowest BCUT2D eigenvalue weighted by molar-refractivity contribution is -0.113. The fourth-order valence-electron chi connectivity index (χ4n) is 1.87. The van der Waals surface area contributed by atoms with E-state index >= 15 is 0 Å². The summed E-state index contributed by atoms with van der Waals surface area (Å²) in [5, 5.41) is 12.4. The highest BCUT2D eigenvalue weighted by atomic mass is 35.5. The van der Waals surface area contributed by atoms with Crippen LogP contribution in [0.2, 0.25) is 5.02 Å². The fourth-order valence-corrected chi connectivity index (χ4v) is 3.84. The second-order valence-electron chi connectivity index (χ2n) is 4.64. The molecule has 0 spiro atoms. The smallest absolute Gasteiger partial charge is 0.253 e. The summed E-state index contributed by atoms with van der Waals surface area (Å²) < 4.78 is 14.5. The molecule has 1 amide bonds. The van der Waals surface area contributed by atoms with Gasteiger partial charge in [-0.25, -0.2) is 9.37 Å². The van der Waals surface area contributed by atoms with Gasteiger partial charge in [-0.1, -0.05) is 23.4 Å². The van der Waals surface area contributed by atoms with Crippen molar-refractivity contribution in [3.8, 4) is 5.75 Å². The molecule has 1 aromatic carbocycles. The third-order valence-corrected chi connectivity index (χ3v) is 5.34. The predicted molar refractivity (Wildman–Crippen MR) is 92.7 cm³/mol. The summed E-state index contributed by atoms with van der Waals surface area (Å²) in [6, 6.07) is 5.02. The molecule has 0 atom stereocenters. The van der Waals surface area contributed by atoms with Crippen molar-refractivity contribution in [1.29, 1.82) is 0 Å². The minimum absolute atomic E-state index is 0.00706. The van der Waals surface area contributed by atoms with Crippen LogP contribution in [0.15, 0.2) is 33.4 Å². The summed E-state index contributed by atoms with van der Waals surface area (Å²) >= 11 is 7.90. The highest BCUT2D eigenvalue weighted by Gasteiger charge is 2.13. The molecule has 3 aromatic rings. The molecule has 3 rings (SSSR count). The molecule has 10 heteroatoms. The number of aromatic nitrogens is 2. The number of benzene rings is 1. The summed E-state index contributed by atoms with van der Waals surface area (Å²) in [6.07, 6.45) is 0. The topological polar surface area (TPSA) is 95.1 Å². The number of hydrogen-bond acceptors (Lipinski definition) is 6. The number of aromatic amines is 1. The summed E-state index contributed by atoms with van der Waals surface area (Å²) in [6.45, 7) is 0. The van der Waals surface area contributed by atoms with Crippen LogP contribution in [0.3, 0.4) is 0 Å². The van der Waals surface area contributed by atoms with Crippen molar-refractivity contribution in [2.45, 2.75) is 4.34 Å². The van der Waals surface area contributed by atoms with E-state index in [0.29, 0.717) is 9.04 Å². The number of carbonyl (C=O) groups is 1. The van der Waals surface area contributed by atoms with Gasteiger partial charge < -0.3 is 15.4 Å².